The number of phenols is 1. The Balaban J connectivity index is 1.67. The third-order valence-corrected chi connectivity index (χ3v) is 5.99. The fourth-order valence-electron chi connectivity index (χ4n) is 3.82. The second-order valence-electron chi connectivity index (χ2n) is 8.94. The lowest BCUT2D eigenvalue weighted by Gasteiger charge is -2.22. The highest BCUT2D eigenvalue weighted by atomic mass is 16.4. The van der Waals surface area contributed by atoms with E-state index in [1.807, 2.05) is 24.3 Å². The maximum absolute atomic E-state index is 13.0. The molecule has 2 aromatic carbocycles. The highest BCUT2D eigenvalue weighted by Gasteiger charge is 2.28. The molecule has 3 rings (SSSR count). The van der Waals surface area contributed by atoms with Gasteiger partial charge in [0.15, 0.2) is 0 Å². The zero-order chi connectivity index (χ0) is 27.8. The second-order valence-corrected chi connectivity index (χ2v) is 8.94. The monoisotopic (exact) mass is 525 g/mol. The van der Waals surface area contributed by atoms with Gasteiger partial charge in [-0.3, -0.25) is 14.4 Å². The van der Waals surface area contributed by atoms with E-state index >= 15 is 0 Å². The molecule has 0 aliphatic carbocycles. The van der Waals surface area contributed by atoms with Crippen LogP contribution in [0.4, 0.5) is 0 Å². The average molecular weight is 526 g/mol. The molecule has 0 fully saturated rings. The number of aromatic nitrogens is 1. The van der Waals surface area contributed by atoms with Gasteiger partial charge in [0.05, 0.1) is 12.6 Å². The van der Waals surface area contributed by atoms with Crippen LogP contribution >= 0.6 is 0 Å². The number of aromatic hydroxyl groups is 1. The summed E-state index contributed by atoms with van der Waals surface area (Å²) in [7, 11) is 0. The van der Waals surface area contributed by atoms with E-state index in [1.54, 1.807) is 6.20 Å². The van der Waals surface area contributed by atoms with Crippen LogP contribution in [0, 0.1) is 0 Å². The number of fused-ring (bicyclic) bond motifs is 1. The Morgan fingerprint density at radius 2 is 1.63 bits per heavy atom. The Morgan fingerprint density at radius 1 is 0.947 bits per heavy atom. The van der Waals surface area contributed by atoms with Gasteiger partial charge >= 0.3 is 5.97 Å². The number of carbonyl (C=O) groups excluding carboxylic acids is 3. The summed E-state index contributed by atoms with van der Waals surface area (Å²) in [5, 5.41) is 36.7. The molecule has 12 nitrogen and oxygen atoms in total. The molecule has 12 heteroatoms. The number of H-pyrrole nitrogens is 1. The van der Waals surface area contributed by atoms with Crippen molar-refractivity contribution in [3.8, 4) is 5.75 Å². The number of rotatable bonds is 12. The summed E-state index contributed by atoms with van der Waals surface area (Å²) in [5.74, 6) is -3.43. The summed E-state index contributed by atoms with van der Waals surface area (Å²) >= 11 is 0. The first kappa shape index (κ1) is 28.2. The molecule has 3 amide bonds. The number of carboxylic acid groups (broad SMARTS) is 1. The first-order valence-electron chi connectivity index (χ1n) is 11.9. The Morgan fingerprint density at radius 3 is 2.29 bits per heavy atom. The maximum atomic E-state index is 13.0. The molecule has 202 valence electrons. The van der Waals surface area contributed by atoms with Gasteiger partial charge in [-0.15, -0.1) is 0 Å². The number of amides is 3. The molecule has 0 aliphatic heterocycles. The molecule has 4 unspecified atom stereocenters. The van der Waals surface area contributed by atoms with E-state index < -0.39 is 54.5 Å². The number of benzene rings is 2. The number of aliphatic carboxylic acids is 1. The van der Waals surface area contributed by atoms with E-state index in [0.29, 0.717) is 5.56 Å². The number of nitrogens with one attached hydrogen (secondary N) is 4. The first-order chi connectivity index (χ1) is 18.0. The SMILES string of the molecule is CC(O)C(N)C(=O)NC(Cc1c[nH]c2ccccc12)C(=O)NCC(=O)NC(Cc1ccc(O)cc1)C(=O)O. The molecule has 3 aromatic rings. The Hall–Kier alpha value is -4.42. The van der Waals surface area contributed by atoms with E-state index in [9.17, 15) is 34.5 Å². The predicted molar refractivity (Wildman–Crippen MR) is 138 cm³/mol. The summed E-state index contributed by atoms with van der Waals surface area (Å²) < 4.78 is 0. The minimum atomic E-state index is -1.27. The molecule has 4 atom stereocenters. The van der Waals surface area contributed by atoms with Gasteiger partial charge in [-0.05, 0) is 36.2 Å². The molecule has 0 saturated carbocycles. The maximum Gasteiger partial charge on any atom is 0.326 e. The fourth-order valence-corrected chi connectivity index (χ4v) is 3.82. The highest BCUT2D eigenvalue weighted by molar-refractivity contribution is 5.93. The van der Waals surface area contributed by atoms with Crippen molar-refractivity contribution in [1.29, 1.82) is 0 Å². The van der Waals surface area contributed by atoms with E-state index in [2.05, 4.69) is 20.9 Å². The summed E-state index contributed by atoms with van der Waals surface area (Å²) in [6.45, 7) is 0.807. The molecule has 0 spiro atoms. The number of phenolic OH excluding ortho intramolecular Hbond substituents is 1. The molecule has 0 bridgehead atoms. The van der Waals surface area contributed by atoms with Crippen molar-refractivity contribution in [3.05, 3.63) is 65.9 Å². The van der Waals surface area contributed by atoms with Crippen LogP contribution in [-0.2, 0) is 32.0 Å². The molecule has 38 heavy (non-hydrogen) atoms. The van der Waals surface area contributed by atoms with Crippen LogP contribution in [-0.4, -0.2) is 74.8 Å². The van der Waals surface area contributed by atoms with Crippen molar-refractivity contribution in [3.63, 3.8) is 0 Å². The minimum absolute atomic E-state index is 0.0241. The number of carbonyl (C=O) groups is 4. The standard InChI is InChI=1S/C26H31N5O7/c1-14(32)23(27)25(36)31-20(11-16-12-28-19-5-3-2-4-18(16)19)24(35)29-13-22(34)30-21(26(37)38)10-15-6-8-17(33)9-7-15/h2-9,12,14,20-21,23,28,32-33H,10-11,13,27H2,1H3,(H,29,35)(H,30,34)(H,31,36)(H,37,38). The molecule has 0 radical (unpaired) electrons. The lowest BCUT2D eigenvalue weighted by Crippen LogP contribution is -2.56. The van der Waals surface area contributed by atoms with Gasteiger partial charge in [-0.2, -0.15) is 0 Å². The third-order valence-electron chi connectivity index (χ3n) is 5.99. The zero-order valence-corrected chi connectivity index (χ0v) is 20.7. The summed E-state index contributed by atoms with van der Waals surface area (Å²) in [4.78, 5) is 52.7. The number of para-hydroxylation sites is 1. The van der Waals surface area contributed by atoms with Crippen LogP contribution in [0.15, 0.2) is 54.7 Å². The van der Waals surface area contributed by atoms with Crippen molar-refractivity contribution in [2.75, 3.05) is 6.54 Å². The fraction of sp³-hybridized carbons (Fsp3) is 0.308. The van der Waals surface area contributed by atoms with Gasteiger partial charge in [0.25, 0.3) is 0 Å². The van der Waals surface area contributed by atoms with Crippen molar-refractivity contribution in [2.45, 2.75) is 44.0 Å². The molecule has 1 aromatic heterocycles. The highest BCUT2D eigenvalue weighted by Crippen LogP contribution is 2.19. The Labute approximate surface area is 218 Å². The molecule has 0 saturated heterocycles. The predicted octanol–water partition coefficient (Wildman–Crippen LogP) is -0.463. The number of carboxylic acids is 1. The van der Waals surface area contributed by atoms with Crippen LogP contribution in [0.2, 0.25) is 0 Å². The van der Waals surface area contributed by atoms with Gasteiger partial charge in [0.2, 0.25) is 17.7 Å². The smallest absolute Gasteiger partial charge is 0.326 e. The molecule has 1 heterocycles. The minimum Gasteiger partial charge on any atom is -0.508 e. The van der Waals surface area contributed by atoms with E-state index in [4.69, 9.17) is 5.73 Å². The van der Waals surface area contributed by atoms with Crippen molar-refractivity contribution < 1.29 is 34.5 Å². The van der Waals surface area contributed by atoms with Gasteiger partial charge < -0.3 is 42.0 Å². The molecule has 0 aliphatic rings. The summed E-state index contributed by atoms with van der Waals surface area (Å²) in [6, 6.07) is 9.60. The van der Waals surface area contributed by atoms with Gasteiger partial charge in [0.1, 0.15) is 23.9 Å². The third kappa shape index (κ3) is 7.54. The normalized spacial score (nSPS) is 14.2. The summed E-state index contributed by atoms with van der Waals surface area (Å²) in [5.41, 5.74) is 7.86. The number of aliphatic hydroxyl groups excluding tert-OH is 1. The topological polar surface area (TPSA) is 207 Å². The van der Waals surface area contributed by atoms with Crippen molar-refractivity contribution in [1.82, 2.24) is 20.9 Å². The van der Waals surface area contributed by atoms with E-state index in [-0.39, 0.29) is 18.6 Å². The zero-order valence-electron chi connectivity index (χ0n) is 20.7. The summed E-state index contributed by atoms with van der Waals surface area (Å²) in [6.07, 6.45) is 0.582. The number of hydrogen-bond acceptors (Lipinski definition) is 7. The number of aromatic amines is 1. The number of hydrogen-bond donors (Lipinski definition) is 8. The number of aliphatic hydroxyl groups is 1. The number of nitrogens with two attached hydrogens (primary N) is 1. The van der Waals surface area contributed by atoms with Gasteiger partial charge in [-0.1, -0.05) is 30.3 Å². The quantitative estimate of drug-likeness (QED) is 0.155. The van der Waals surface area contributed by atoms with Crippen LogP contribution in [0.3, 0.4) is 0 Å². The van der Waals surface area contributed by atoms with Crippen LogP contribution < -0.4 is 21.7 Å². The van der Waals surface area contributed by atoms with Crippen molar-refractivity contribution in [2.24, 2.45) is 5.73 Å². The van der Waals surface area contributed by atoms with Crippen LogP contribution in [0.25, 0.3) is 10.9 Å². The van der Waals surface area contributed by atoms with Crippen LogP contribution in [0.1, 0.15) is 18.1 Å². The van der Waals surface area contributed by atoms with Crippen LogP contribution in [0.5, 0.6) is 5.75 Å². The molecule has 9 N–H and O–H groups in total. The average Bonchev–Trinajstić information content (AvgIpc) is 3.29. The Bertz CT molecular complexity index is 1290. The second kappa shape index (κ2) is 12.7. The van der Waals surface area contributed by atoms with E-state index in [0.717, 1.165) is 16.5 Å². The molecular formula is C26H31N5O7. The first-order valence-corrected chi connectivity index (χ1v) is 11.9. The lowest BCUT2D eigenvalue weighted by atomic mass is 10.0. The lowest BCUT2D eigenvalue weighted by molar-refractivity contribution is -0.141. The van der Waals surface area contributed by atoms with E-state index in [1.165, 1.54) is 31.2 Å². The Kier molecular flexibility index (Phi) is 9.41. The largest absolute Gasteiger partial charge is 0.508 e. The van der Waals surface area contributed by atoms with Gasteiger partial charge in [0, 0.05) is 29.9 Å². The molecular weight excluding hydrogens is 494 g/mol. The van der Waals surface area contributed by atoms with Gasteiger partial charge in [-0.25, -0.2) is 4.79 Å². The van der Waals surface area contributed by atoms with Crippen molar-refractivity contribution >= 4 is 34.6 Å².